The number of nitrogens with one attached hydrogen (secondary N) is 1. The first kappa shape index (κ1) is 19.8. The second-order valence-electron chi connectivity index (χ2n) is 5.47. The van der Waals surface area contributed by atoms with Crippen molar-refractivity contribution in [2.45, 2.75) is 6.92 Å². The van der Waals surface area contributed by atoms with E-state index in [9.17, 15) is 20.0 Å². The van der Waals surface area contributed by atoms with E-state index < -0.39 is 12.0 Å². The van der Waals surface area contributed by atoms with Crippen molar-refractivity contribution in [2.75, 3.05) is 25.0 Å². The number of phenolic OH excluding ortho intramolecular Hbond substituents is 1. The third kappa shape index (κ3) is 4.74. The van der Waals surface area contributed by atoms with Gasteiger partial charge in [0.05, 0.1) is 6.61 Å². The van der Waals surface area contributed by atoms with Crippen molar-refractivity contribution < 1.29 is 19.4 Å². The lowest BCUT2D eigenvalue weighted by atomic mass is 10.1. The fourth-order valence-electron chi connectivity index (χ4n) is 2.44. The normalized spacial score (nSPS) is 10.9. The van der Waals surface area contributed by atoms with Gasteiger partial charge in [-0.25, -0.2) is 4.79 Å². The minimum absolute atomic E-state index is 0.0797. The van der Waals surface area contributed by atoms with Gasteiger partial charge in [0.25, 0.3) is 5.91 Å². The second-order valence-corrected chi connectivity index (χ2v) is 5.47. The molecule has 0 radical (unpaired) electrons. The third-order valence-corrected chi connectivity index (χ3v) is 3.67. The van der Waals surface area contributed by atoms with Crippen LogP contribution in [0.25, 0.3) is 10.8 Å². The predicted octanol–water partition coefficient (Wildman–Crippen LogP) is 2.31. The van der Waals surface area contributed by atoms with Gasteiger partial charge in [-0.05, 0) is 19.1 Å². The van der Waals surface area contributed by atoms with Crippen LogP contribution < -0.4 is 11.1 Å². The van der Waals surface area contributed by atoms with E-state index in [-0.39, 0.29) is 31.0 Å². The Labute approximate surface area is 156 Å². The van der Waals surface area contributed by atoms with Gasteiger partial charge in [-0.1, -0.05) is 24.3 Å². The molecule has 0 saturated heterocycles. The highest BCUT2D eigenvalue weighted by molar-refractivity contribution is 6.11. The van der Waals surface area contributed by atoms with Crippen LogP contribution >= 0.6 is 0 Å². The molecule has 140 valence electrons. The molecular weight excluding hydrogens is 348 g/mol. The zero-order chi connectivity index (χ0) is 19.8. The first-order valence-electron chi connectivity index (χ1n) is 8.29. The van der Waals surface area contributed by atoms with Gasteiger partial charge in [-0.15, -0.1) is 0 Å². The number of carbonyl (C=O) groups is 2. The average molecular weight is 368 g/mol. The maximum absolute atomic E-state index is 12.5. The van der Waals surface area contributed by atoms with Crippen LogP contribution in [0.5, 0.6) is 5.75 Å². The fraction of sp³-hybridized carbons (Fsp3) is 0.211. The third-order valence-electron chi connectivity index (χ3n) is 3.67. The first-order valence-corrected chi connectivity index (χ1v) is 8.29. The van der Waals surface area contributed by atoms with Crippen molar-refractivity contribution >= 4 is 28.5 Å². The molecule has 0 saturated carbocycles. The Hall–Kier alpha value is -3.57. The summed E-state index contributed by atoms with van der Waals surface area (Å²) < 4.78 is 4.89. The lowest BCUT2D eigenvalue weighted by Crippen LogP contribution is -2.32. The molecule has 0 aliphatic heterocycles. The number of hydrogen-bond donors (Lipinski definition) is 3. The van der Waals surface area contributed by atoms with Crippen LogP contribution in [-0.4, -0.2) is 41.7 Å². The monoisotopic (exact) mass is 368 g/mol. The molecule has 0 heterocycles. The molecule has 0 aliphatic carbocycles. The number of amides is 2. The van der Waals surface area contributed by atoms with Crippen LogP contribution in [0, 0.1) is 11.3 Å². The van der Waals surface area contributed by atoms with Crippen LogP contribution in [0.3, 0.4) is 0 Å². The molecule has 4 N–H and O–H groups in total. The minimum atomic E-state index is -0.696. The van der Waals surface area contributed by atoms with Crippen molar-refractivity contribution in [1.82, 2.24) is 4.90 Å². The highest BCUT2D eigenvalue weighted by atomic mass is 16.6. The summed E-state index contributed by atoms with van der Waals surface area (Å²) in [6.45, 7) is 2.04. The smallest absolute Gasteiger partial charge is 0.413 e. The molecule has 2 aromatic rings. The number of phenols is 1. The summed E-state index contributed by atoms with van der Waals surface area (Å²) in [4.78, 5) is 25.5. The van der Waals surface area contributed by atoms with E-state index in [1.807, 2.05) is 0 Å². The zero-order valence-corrected chi connectivity index (χ0v) is 14.8. The Morgan fingerprint density at radius 3 is 2.67 bits per heavy atom. The molecule has 0 aliphatic rings. The van der Waals surface area contributed by atoms with Crippen molar-refractivity contribution in [1.29, 1.82) is 5.26 Å². The number of nitriles is 1. The summed E-state index contributed by atoms with van der Waals surface area (Å²) in [5.41, 5.74) is 5.61. The number of nitrogens with two attached hydrogens (primary N) is 1. The van der Waals surface area contributed by atoms with Gasteiger partial charge in [0.15, 0.2) is 0 Å². The first-order chi connectivity index (χ1) is 13.0. The number of rotatable bonds is 6. The predicted molar refractivity (Wildman–Crippen MR) is 101 cm³/mol. The van der Waals surface area contributed by atoms with Crippen molar-refractivity contribution in [3.05, 3.63) is 48.2 Å². The van der Waals surface area contributed by atoms with Crippen LogP contribution in [0.1, 0.15) is 6.92 Å². The summed E-state index contributed by atoms with van der Waals surface area (Å²) in [5, 5.41) is 23.1. The Morgan fingerprint density at radius 2 is 2.00 bits per heavy atom. The highest BCUT2D eigenvalue weighted by Crippen LogP contribution is 2.29. The van der Waals surface area contributed by atoms with E-state index in [4.69, 9.17) is 10.5 Å². The molecule has 2 amide bonds. The number of aromatic hydroxyl groups is 1. The molecule has 27 heavy (non-hydrogen) atoms. The number of nitrogens with zero attached hydrogens (tertiary/aromatic N) is 2. The number of hydrogen-bond acceptors (Lipinski definition) is 6. The maximum Gasteiger partial charge on any atom is 0.413 e. The summed E-state index contributed by atoms with van der Waals surface area (Å²) in [7, 11) is 0. The number of benzene rings is 2. The molecule has 0 bridgehead atoms. The summed E-state index contributed by atoms with van der Waals surface area (Å²) in [6, 6.07) is 11.7. The van der Waals surface area contributed by atoms with E-state index in [0.29, 0.717) is 16.5 Å². The standard InChI is InChI=1S/C19H20N4O4/c1-2-27-19(26)23(10-9-20)12-13(11-21)18(25)22-16-7-3-6-15-14(16)5-4-8-17(15)24/h3-8,12,24H,2,9-10,20H2,1H3,(H,22,25)/b13-12-. The van der Waals surface area contributed by atoms with Crippen molar-refractivity contribution in [2.24, 2.45) is 5.73 Å². The summed E-state index contributed by atoms with van der Waals surface area (Å²) >= 11 is 0. The van der Waals surface area contributed by atoms with E-state index in [1.165, 1.54) is 0 Å². The minimum Gasteiger partial charge on any atom is -0.507 e. The van der Waals surface area contributed by atoms with Gasteiger partial charge in [0.1, 0.15) is 17.4 Å². The van der Waals surface area contributed by atoms with Gasteiger partial charge in [0.2, 0.25) is 0 Å². The lowest BCUT2D eigenvalue weighted by Gasteiger charge is -2.17. The molecule has 0 fully saturated rings. The van der Waals surface area contributed by atoms with Gasteiger partial charge >= 0.3 is 6.09 Å². The van der Waals surface area contributed by atoms with E-state index in [0.717, 1.165) is 11.1 Å². The Balaban J connectivity index is 2.31. The van der Waals surface area contributed by atoms with Gasteiger partial charge in [-0.3, -0.25) is 9.69 Å². The average Bonchev–Trinajstić information content (AvgIpc) is 2.66. The molecule has 0 aromatic heterocycles. The molecule has 0 unspecified atom stereocenters. The summed E-state index contributed by atoms with van der Waals surface area (Å²) in [5.74, 6) is -0.615. The number of carbonyl (C=O) groups excluding carboxylic acids is 2. The van der Waals surface area contributed by atoms with Crippen LogP contribution in [0.15, 0.2) is 48.2 Å². The van der Waals surface area contributed by atoms with Crippen LogP contribution in [0.4, 0.5) is 10.5 Å². The van der Waals surface area contributed by atoms with Crippen LogP contribution in [-0.2, 0) is 9.53 Å². The molecular formula is C19H20N4O4. The summed E-state index contributed by atoms with van der Waals surface area (Å²) in [6.07, 6.45) is 0.418. The van der Waals surface area contributed by atoms with E-state index in [1.54, 1.807) is 49.4 Å². The number of fused-ring (bicyclic) bond motifs is 1. The molecule has 8 nitrogen and oxygen atoms in total. The maximum atomic E-state index is 12.5. The quantitative estimate of drug-likeness (QED) is 0.530. The SMILES string of the molecule is CCOC(=O)N(/C=C(/C#N)C(=O)Nc1cccc2c(O)cccc12)CCN. The Bertz CT molecular complexity index is 918. The van der Waals surface area contributed by atoms with E-state index in [2.05, 4.69) is 5.32 Å². The molecule has 0 spiro atoms. The van der Waals surface area contributed by atoms with Gasteiger partial charge in [0, 0.05) is 35.7 Å². The highest BCUT2D eigenvalue weighted by Gasteiger charge is 2.17. The topological polar surface area (TPSA) is 129 Å². The zero-order valence-electron chi connectivity index (χ0n) is 14.8. The Morgan fingerprint density at radius 1 is 1.30 bits per heavy atom. The van der Waals surface area contributed by atoms with Gasteiger partial charge in [-0.2, -0.15) is 5.26 Å². The van der Waals surface area contributed by atoms with Crippen molar-refractivity contribution in [3.63, 3.8) is 0 Å². The number of ether oxygens (including phenoxy) is 1. The molecule has 8 heteroatoms. The molecule has 2 rings (SSSR count). The van der Waals surface area contributed by atoms with Crippen LogP contribution in [0.2, 0.25) is 0 Å². The number of anilines is 1. The van der Waals surface area contributed by atoms with Gasteiger partial charge < -0.3 is 20.9 Å². The van der Waals surface area contributed by atoms with Crippen molar-refractivity contribution in [3.8, 4) is 11.8 Å². The second kappa shape index (κ2) is 9.22. The largest absolute Gasteiger partial charge is 0.507 e. The fourth-order valence-corrected chi connectivity index (χ4v) is 2.44. The lowest BCUT2D eigenvalue weighted by molar-refractivity contribution is -0.112. The van der Waals surface area contributed by atoms with E-state index >= 15 is 0 Å². The molecule has 0 atom stereocenters. The molecule has 2 aromatic carbocycles. The Kier molecular flexibility index (Phi) is 6.74.